The van der Waals surface area contributed by atoms with E-state index in [2.05, 4.69) is 15.0 Å². The van der Waals surface area contributed by atoms with Crippen LogP contribution in [0.2, 0.25) is 5.02 Å². The van der Waals surface area contributed by atoms with E-state index in [1.807, 2.05) is 26.0 Å². The topological polar surface area (TPSA) is 108 Å². The SMILES string of the molecule is Cc1cc(-c2nc3cnc(Oc4cccc(Cl)c4)nc3o2)cc(C)c1OCC(=O)O. The molecule has 1 N–H and O–H groups in total. The van der Waals surface area contributed by atoms with Crippen LogP contribution in [0.4, 0.5) is 0 Å². The normalized spacial score (nSPS) is 10.9. The van der Waals surface area contributed by atoms with E-state index in [0.717, 1.165) is 11.1 Å². The van der Waals surface area contributed by atoms with Crippen LogP contribution in [0.1, 0.15) is 11.1 Å². The van der Waals surface area contributed by atoms with Crippen molar-refractivity contribution in [3.05, 3.63) is 58.7 Å². The number of rotatable bonds is 6. The fourth-order valence-electron chi connectivity index (χ4n) is 2.96. The van der Waals surface area contributed by atoms with Gasteiger partial charge in [0, 0.05) is 10.6 Å². The third-order valence-electron chi connectivity index (χ3n) is 4.18. The number of halogens is 1. The zero-order chi connectivity index (χ0) is 21.3. The number of nitrogens with zero attached hydrogens (tertiary/aromatic N) is 3. The van der Waals surface area contributed by atoms with Gasteiger partial charge in [0.05, 0.1) is 6.20 Å². The number of benzene rings is 2. The summed E-state index contributed by atoms with van der Waals surface area (Å²) in [5, 5.41) is 9.36. The van der Waals surface area contributed by atoms with Crippen LogP contribution in [-0.4, -0.2) is 32.6 Å². The van der Waals surface area contributed by atoms with E-state index in [0.29, 0.717) is 33.5 Å². The van der Waals surface area contributed by atoms with Crippen molar-refractivity contribution in [2.24, 2.45) is 0 Å². The minimum Gasteiger partial charge on any atom is -0.481 e. The predicted octanol–water partition coefficient (Wildman–Crippen LogP) is 4.81. The minimum absolute atomic E-state index is 0.109. The van der Waals surface area contributed by atoms with Gasteiger partial charge in [0.1, 0.15) is 17.0 Å². The fourth-order valence-corrected chi connectivity index (χ4v) is 3.14. The Morgan fingerprint density at radius 1 is 1.17 bits per heavy atom. The van der Waals surface area contributed by atoms with Crippen molar-refractivity contribution in [2.75, 3.05) is 6.61 Å². The molecule has 0 saturated heterocycles. The van der Waals surface area contributed by atoms with E-state index < -0.39 is 12.6 Å². The fraction of sp³-hybridized carbons (Fsp3) is 0.143. The summed E-state index contributed by atoms with van der Waals surface area (Å²) in [5.41, 5.74) is 3.00. The Balaban J connectivity index is 1.63. The first-order chi connectivity index (χ1) is 14.4. The van der Waals surface area contributed by atoms with E-state index in [1.165, 1.54) is 6.20 Å². The lowest BCUT2D eigenvalue weighted by molar-refractivity contribution is -0.139. The summed E-state index contributed by atoms with van der Waals surface area (Å²) in [6.07, 6.45) is 1.51. The van der Waals surface area contributed by atoms with Crippen LogP contribution in [0.25, 0.3) is 22.7 Å². The first-order valence-corrected chi connectivity index (χ1v) is 9.30. The smallest absolute Gasteiger partial charge is 0.341 e. The van der Waals surface area contributed by atoms with E-state index in [9.17, 15) is 4.79 Å². The van der Waals surface area contributed by atoms with Crippen molar-refractivity contribution < 1.29 is 23.8 Å². The molecule has 0 radical (unpaired) electrons. The molecular formula is C21H16ClN3O5. The van der Waals surface area contributed by atoms with Crippen molar-refractivity contribution in [2.45, 2.75) is 13.8 Å². The maximum atomic E-state index is 10.8. The first kappa shape index (κ1) is 19.7. The third-order valence-corrected chi connectivity index (χ3v) is 4.42. The molecule has 0 fully saturated rings. The zero-order valence-corrected chi connectivity index (χ0v) is 16.8. The molecule has 30 heavy (non-hydrogen) atoms. The third kappa shape index (κ3) is 4.18. The van der Waals surface area contributed by atoms with E-state index in [-0.39, 0.29) is 11.7 Å². The molecule has 0 aliphatic heterocycles. The average Bonchev–Trinajstić information content (AvgIpc) is 3.10. The second-order valence-electron chi connectivity index (χ2n) is 6.54. The van der Waals surface area contributed by atoms with Crippen molar-refractivity contribution >= 4 is 28.8 Å². The number of carbonyl (C=O) groups is 1. The molecule has 8 nitrogen and oxygen atoms in total. The molecule has 0 spiro atoms. The molecule has 152 valence electrons. The number of carboxylic acid groups (broad SMARTS) is 1. The van der Waals surface area contributed by atoms with Gasteiger partial charge in [0.15, 0.2) is 6.61 Å². The van der Waals surface area contributed by atoms with Gasteiger partial charge >= 0.3 is 12.0 Å². The van der Waals surface area contributed by atoms with Crippen LogP contribution >= 0.6 is 11.6 Å². The van der Waals surface area contributed by atoms with Crippen molar-refractivity contribution in [1.82, 2.24) is 15.0 Å². The van der Waals surface area contributed by atoms with Crippen LogP contribution < -0.4 is 9.47 Å². The van der Waals surface area contributed by atoms with Crippen molar-refractivity contribution in [3.63, 3.8) is 0 Å². The summed E-state index contributed by atoms with van der Waals surface area (Å²) < 4.78 is 16.8. The highest BCUT2D eigenvalue weighted by Gasteiger charge is 2.15. The summed E-state index contributed by atoms with van der Waals surface area (Å²) in [6, 6.07) is 10.6. The number of ether oxygens (including phenoxy) is 2. The highest BCUT2D eigenvalue weighted by atomic mass is 35.5. The Labute approximate surface area is 176 Å². The Kier molecular flexibility index (Phi) is 5.24. The molecule has 4 aromatic rings. The van der Waals surface area contributed by atoms with E-state index in [4.69, 9.17) is 30.6 Å². The molecule has 0 saturated carbocycles. The van der Waals surface area contributed by atoms with Crippen LogP contribution in [0.5, 0.6) is 17.5 Å². The zero-order valence-electron chi connectivity index (χ0n) is 16.0. The summed E-state index contributed by atoms with van der Waals surface area (Å²) >= 11 is 5.96. The number of fused-ring (bicyclic) bond motifs is 1. The van der Waals surface area contributed by atoms with Crippen LogP contribution in [0.3, 0.4) is 0 Å². The van der Waals surface area contributed by atoms with Crippen LogP contribution in [0, 0.1) is 13.8 Å². The quantitative estimate of drug-likeness (QED) is 0.468. The Hall–Kier alpha value is -3.65. The largest absolute Gasteiger partial charge is 0.481 e. The van der Waals surface area contributed by atoms with Gasteiger partial charge < -0.3 is 19.0 Å². The van der Waals surface area contributed by atoms with Gasteiger partial charge in [0.25, 0.3) is 5.71 Å². The van der Waals surface area contributed by atoms with Crippen LogP contribution in [0.15, 0.2) is 47.0 Å². The predicted molar refractivity (Wildman–Crippen MR) is 109 cm³/mol. The lowest BCUT2D eigenvalue weighted by atomic mass is 10.1. The van der Waals surface area contributed by atoms with Gasteiger partial charge in [0.2, 0.25) is 5.89 Å². The molecule has 0 atom stereocenters. The van der Waals surface area contributed by atoms with Gasteiger partial charge in [-0.05, 0) is 55.3 Å². The summed E-state index contributed by atoms with van der Waals surface area (Å²) in [4.78, 5) is 23.6. The molecule has 0 amide bonds. The molecule has 0 aliphatic carbocycles. The molecule has 0 aliphatic rings. The lowest BCUT2D eigenvalue weighted by Crippen LogP contribution is -2.10. The maximum Gasteiger partial charge on any atom is 0.341 e. The number of aromatic nitrogens is 3. The summed E-state index contributed by atoms with van der Waals surface area (Å²) in [6.45, 7) is 3.25. The van der Waals surface area contributed by atoms with E-state index >= 15 is 0 Å². The number of hydrogen-bond donors (Lipinski definition) is 1. The second kappa shape index (κ2) is 8.00. The Morgan fingerprint density at radius 2 is 1.93 bits per heavy atom. The molecule has 0 bridgehead atoms. The van der Waals surface area contributed by atoms with Gasteiger partial charge in [-0.3, -0.25) is 0 Å². The highest BCUT2D eigenvalue weighted by Crippen LogP contribution is 2.31. The minimum atomic E-state index is -1.04. The number of aryl methyl sites for hydroxylation is 2. The number of aliphatic carboxylic acids is 1. The van der Waals surface area contributed by atoms with Gasteiger partial charge in [-0.2, -0.15) is 4.98 Å². The summed E-state index contributed by atoms with van der Waals surface area (Å²) in [7, 11) is 0. The molecule has 9 heteroatoms. The van der Waals surface area contributed by atoms with Gasteiger partial charge in [-0.15, -0.1) is 0 Å². The van der Waals surface area contributed by atoms with Crippen molar-refractivity contribution in [3.8, 4) is 29.0 Å². The number of carboxylic acids is 1. The number of hydrogen-bond acceptors (Lipinski definition) is 7. The highest BCUT2D eigenvalue weighted by molar-refractivity contribution is 6.30. The average molecular weight is 426 g/mol. The maximum absolute atomic E-state index is 10.8. The molecule has 0 unspecified atom stereocenters. The van der Waals surface area contributed by atoms with Crippen molar-refractivity contribution in [1.29, 1.82) is 0 Å². The monoisotopic (exact) mass is 425 g/mol. The second-order valence-corrected chi connectivity index (χ2v) is 6.98. The molecule has 4 rings (SSSR count). The molecule has 2 heterocycles. The van der Waals surface area contributed by atoms with Gasteiger partial charge in [-0.1, -0.05) is 17.7 Å². The summed E-state index contributed by atoms with van der Waals surface area (Å²) in [5.74, 6) is 0.348. The first-order valence-electron chi connectivity index (χ1n) is 8.92. The standard InChI is InChI=1S/C21H16ClN3O5/c1-11-6-13(7-12(2)18(11)28-10-17(26)27)19-24-16-9-23-21(25-20(16)30-19)29-15-5-3-4-14(22)8-15/h3-9H,10H2,1-2H3,(H,26,27). The lowest BCUT2D eigenvalue weighted by Gasteiger charge is -2.11. The Bertz CT molecular complexity index is 1230. The number of oxazole rings is 1. The molecule has 2 aromatic heterocycles. The Morgan fingerprint density at radius 3 is 2.63 bits per heavy atom. The molecule has 2 aromatic carbocycles. The van der Waals surface area contributed by atoms with Gasteiger partial charge in [-0.25, -0.2) is 14.8 Å². The van der Waals surface area contributed by atoms with Crippen LogP contribution in [-0.2, 0) is 4.79 Å². The molecular weight excluding hydrogens is 410 g/mol. The van der Waals surface area contributed by atoms with E-state index in [1.54, 1.807) is 24.3 Å².